The van der Waals surface area contributed by atoms with Crippen molar-refractivity contribution in [3.63, 3.8) is 0 Å². The van der Waals surface area contributed by atoms with E-state index in [0.717, 1.165) is 36.1 Å². The molecule has 0 bridgehead atoms. The van der Waals surface area contributed by atoms with Crippen LogP contribution in [0.4, 0.5) is 5.82 Å². The molecule has 5 heteroatoms. The molecule has 1 fully saturated rings. The molecule has 4 rings (SSSR count). The average Bonchev–Trinajstić information content (AvgIpc) is 2.73. The van der Waals surface area contributed by atoms with Crippen molar-refractivity contribution in [1.82, 2.24) is 10.2 Å². The summed E-state index contributed by atoms with van der Waals surface area (Å²) in [4.78, 5) is 2.35. The Hall–Kier alpha value is -2.82. The largest absolute Gasteiger partial charge is 0.493 e. The average molecular weight is 349 g/mol. The van der Waals surface area contributed by atoms with Gasteiger partial charge in [-0.15, -0.1) is 5.10 Å². The highest BCUT2D eigenvalue weighted by molar-refractivity contribution is 5.94. The van der Waals surface area contributed by atoms with Crippen molar-refractivity contribution >= 4 is 16.6 Å². The molecular weight excluding hydrogens is 326 g/mol. The predicted octanol–water partition coefficient (Wildman–Crippen LogP) is 4.03. The van der Waals surface area contributed by atoms with Gasteiger partial charge in [-0.25, -0.2) is 0 Å². The van der Waals surface area contributed by atoms with E-state index >= 15 is 0 Å². The summed E-state index contributed by atoms with van der Waals surface area (Å²) in [5.74, 6) is 2.86. The van der Waals surface area contributed by atoms with Gasteiger partial charge >= 0.3 is 0 Å². The molecule has 1 aliphatic heterocycles. The first kappa shape index (κ1) is 16.6. The molecule has 1 atom stereocenters. The van der Waals surface area contributed by atoms with Crippen LogP contribution in [-0.2, 0) is 0 Å². The van der Waals surface area contributed by atoms with Crippen LogP contribution in [0.25, 0.3) is 10.8 Å². The maximum absolute atomic E-state index is 5.49. The van der Waals surface area contributed by atoms with Gasteiger partial charge in [0.05, 0.1) is 20.4 Å². The van der Waals surface area contributed by atoms with E-state index < -0.39 is 0 Å². The minimum absolute atomic E-state index is 0.516. The van der Waals surface area contributed by atoms with E-state index in [9.17, 15) is 0 Å². The Morgan fingerprint density at radius 1 is 1.04 bits per heavy atom. The third-order valence-electron chi connectivity index (χ3n) is 5.14. The van der Waals surface area contributed by atoms with Crippen molar-refractivity contribution in [2.24, 2.45) is 0 Å². The summed E-state index contributed by atoms with van der Waals surface area (Å²) in [7, 11) is 3.30. The van der Waals surface area contributed by atoms with Gasteiger partial charge in [0.15, 0.2) is 17.3 Å². The van der Waals surface area contributed by atoms with Gasteiger partial charge in [-0.3, -0.25) is 0 Å². The van der Waals surface area contributed by atoms with Crippen LogP contribution < -0.4 is 14.4 Å². The number of methoxy groups -OCH3 is 2. The fourth-order valence-electron chi connectivity index (χ4n) is 3.80. The molecule has 0 amide bonds. The summed E-state index contributed by atoms with van der Waals surface area (Å²) in [6.45, 7) is 1.94. The zero-order valence-electron chi connectivity index (χ0n) is 15.2. The second kappa shape index (κ2) is 7.20. The summed E-state index contributed by atoms with van der Waals surface area (Å²) in [6, 6.07) is 14.7. The number of aromatic nitrogens is 2. The molecule has 1 aromatic heterocycles. The number of fused-ring (bicyclic) bond motifs is 1. The number of ether oxygens (including phenoxy) is 2. The van der Waals surface area contributed by atoms with Crippen LogP contribution in [0, 0.1) is 0 Å². The number of hydrogen-bond donors (Lipinski definition) is 0. The Balaban J connectivity index is 1.71. The monoisotopic (exact) mass is 349 g/mol. The maximum atomic E-state index is 5.49. The minimum Gasteiger partial charge on any atom is -0.493 e. The summed E-state index contributed by atoms with van der Waals surface area (Å²) in [5, 5.41) is 10.8. The lowest BCUT2D eigenvalue weighted by Gasteiger charge is -2.34. The molecule has 0 aliphatic carbocycles. The van der Waals surface area contributed by atoms with Gasteiger partial charge in [0, 0.05) is 29.8 Å². The van der Waals surface area contributed by atoms with E-state index in [-0.39, 0.29) is 0 Å². The van der Waals surface area contributed by atoms with Crippen LogP contribution in [-0.4, -0.2) is 37.5 Å². The number of benzene rings is 2. The van der Waals surface area contributed by atoms with Crippen LogP contribution in [0.3, 0.4) is 0 Å². The molecule has 134 valence electrons. The van der Waals surface area contributed by atoms with Gasteiger partial charge in [0.25, 0.3) is 0 Å². The molecular formula is C21H23N3O2. The molecule has 2 heterocycles. The van der Waals surface area contributed by atoms with E-state index in [1.807, 2.05) is 12.1 Å². The summed E-state index contributed by atoms with van der Waals surface area (Å²) in [5.41, 5.74) is 1.39. The topological polar surface area (TPSA) is 47.5 Å². The minimum atomic E-state index is 0.516. The van der Waals surface area contributed by atoms with Crippen LogP contribution in [0.5, 0.6) is 11.5 Å². The Morgan fingerprint density at radius 3 is 2.58 bits per heavy atom. The van der Waals surface area contributed by atoms with Crippen LogP contribution in [0.15, 0.2) is 48.7 Å². The summed E-state index contributed by atoms with van der Waals surface area (Å²) >= 11 is 0. The molecule has 0 saturated carbocycles. The maximum Gasteiger partial charge on any atom is 0.161 e. The highest BCUT2D eigenvalue weighted by atomic mass is 16.5. The molecule has 2 aromatic carbocycles. The lowest BCUT2D eigenvalue weighted by atomic mass is 9.90. The third kappa shape index (κ3) is 3.05. The molecule has 26 heavy (non-hydrogen) atoms. The van der Waals surface area contributed by atoms with Gasteiger partial charge in [-0.05, 0) is 30.5 Å². The van der Waals surface area contributed by atoms with Crippen molar-refractivity contribution < 1.29 is 9.47 Å². The fourth-order valence-corrected chi connectivity index (χ4v) is 3.80. The highest BCUT2D eigenvalue weighted by Gasteiger charge is 2.24. The van der Waals surface area contributed by atoms with Gasteiger partial charge in [0.2, 0.25) is 0 Å². The highest BCUT2D eigenvalue weighted by Crippen LogP contribution is 2.37. The van der Waals surface area contributed by atoms with E-state index in [2.05, 4.69) is 45.4 Å². The molecule has 3 aromatic rings. The first-order valence-corrected chi connectivity index (χ1v) is 8.97. The predicted molar refractivity (Wildman–Crippen MR) is 103 cm³/mol. The Labute approximate surface area is 153 Å². The molecule has 1 unspecified atom stereocenters. The SMILES string of the molecule is COc1cc2cnnc(N3CCCC(c4ccccc4)C3)c2cc1OC. The molecule has 0 radical (unpaired) electrons. The van der Waals surface area contributed by atoms with Crippen LogP contribution in [0.1, 0.15) is 24.3 Å². The normalized spacial score (nSPS) is 17.3. The van der Waals surface area contributed by atoms with Crippen LogP contribution >= 0.6 is 0 Å². The standard InChI is InChI=1S/C21H23N3O2/c1-25-19-11-17-13-22-23-21(18(17)12-20(19)26-2)24-10-6-9-16(14-24)15-7-4-3-5-8-15/h3-5,7-8,11-13,16H,6,9-10,14H2,1-2H3. The zero-order chi connectivity index (χ0) is 17.9. The molecule has 1 saturated heterocycles. The van der Waals surface area contributed by atoms with Gasteiger partial charge in [-0.2, -0.15) is 5.10 Å². The summed E-state index contributed by atoms with van der Waals surface area (Å²) < 4.78 is 10.9. The summed E-state index contributed by atoms with van der Waals surface area (Å²) in [6.07, 6.45) is 4.13. The number of piperidine rings is 1. The Kier molecular flexibility index (Phi) is 4.61. The lowest BCUT2D eigenvalue weighted by molar-refractivity contribution is 0.356. The third-order valence-corrected chi connectivity index (χ3v) is 5.14. The number of nitrogens with zero attached hydrogens (tertiary/aromatic N) is 3. The first-order valence-electron chi connectivity index (χ1n) is 8.97. The Bertz CT molecular complexity index is 898. The van der Waals surface area contributed by atoms with Gasteiger partial charge < -0.3 is 14.4 Å². The van der Waals surface area contributed by atoms with Gasteiger partial charge in [-0.1, -0.05) is 30.3 Å². The van der Waals surface area contributed by atoms with Crippen molar-refractivity contribution in [2.75, 3.05) is 32.2 Å². The smallest absolute Gasteiger partial charge is 0.161 e. The van der Waals surface area contributed by atoms with E-state index in [4.69, 9.17) is 9.47 Å². The number of rotatable bonds is 4. The first-order chi connectivity index (χ1) is 12.8. The van der Waals surface area contributed by atoms with Crippen molar-refractivity contribution in [2.45, 2.75) is 18.8 Å². The molecule has 0 N–H and O–H groups in total. The molecule has 1 aliphatic rings. The fraction of sp³-hybridized carbons (Fsp3) is 0.333. The number of hydrogen-bond acceptors (Lipinski definition) is 5. The van der Waals surface area contributed by atoms with E-state index in [0.29, 0.717) is 17.4 Å². The quantitative estimate of drug-likeness (QED) is 0.712. The van der Waals surface area contributed by atoms with Crippen molar-refractivity contribution in [3.8, 4) is 11.5 Å². The van der Waals surface area contributed by atoms with Crippen LogP contribution in [0.2, 0.25) is 0 Å². The second-order valence-corrected chi connectivity index (χ2v) is 6.66. The second-order valence-electron chi connectivity index (χ2n) is 6.66. The van der Waals surface area contributed by atoms with E-state index in [1.165, 1.54) is 12.0 Å². The lowest BCUT2D eigenvalue weighted by Crippen LogP contribution is -2.35. The number of anilines is 1. The molecule has 0 spiro atoms. The molecule has 5 nitrogen and oxygen atoms in total. The van der Waals surface area contributed by atoms with Crippen molar-refractivity contribution in [3.05, 3.63) is 54.2 Å². The zero-order valence-corrected chi connectivity index (χ0v) is 15.2. The van der Waals surface area contributed by atoms with E-state index in [1.54, 1.807) is 20.4 Å². The van der Waals surface area contributed by atoms with Crippen molar-refractivity contribution in [1.29, 1.82) is 0 Å². The van der Waals surface area contributed by atoms with Gasteiger partial charge in [0.1, 0.15) is 0 Å². The Morgan fingerprint density at radius 2 is 1.81 bits per heavy atom.